The highest BCUT2D eigenvalue weighted by atomic mass is 16.4. The maximum Gasteiger partial charge on any atom is 0.310 e. The van der Waals surface area contributed by atoms with E-state index in [1.807, 2.05) is 6.07 Å². The van der Waals surface area contributed by atoms with Gasteiger partial charge < -0.3 is 5.11 Å². The van der Waals surface area contributed by atoms with Gasteiger partial charge in [0.05, 0.1) is 11.4 Å². The standard InChI is InChI=1S/C10H11N3O2/c1-6(10(14)15)7-3-4-9-8(5-7)11-12-13(9)2/h3-6H,1-2H3,(H,14,15). The molecule has 0 saturated carbocycles. The van der Waals surface area contributed by atoms with E-state index in [1.54, 1.807) is 30.8 Å². The Balaban J connectivity index is 2.52. The van der Waals surface area contributed by atoms with E-state index in [9.17, 15) is 4.79 Å². The Labute approximate surface area is 86.3 Å². The van der Waals surface area contributed by atoms with Gasteiger partial charge in [-0.25, -0.2) is 4.68 Å². The van der Waals surface area contributed by atoms with Crippen LogP contribution in [0.4, 0.5) is 0 Å². The van der Waals surface area contributed by atoms with Gasteiger partial charge in [0.15, 0.2) is 0 Å². The second-order valence-electron chi connectivity index (χ2n) is 3.52. The Morgan fingerprint density at radius 3 is 2.93 bits per heavy atom. The molecular formula is C10H11N3O2. The van der Waals surface area contributed by atoms with E-state index in [0.29, 0.717) is 0 Å². The summed E-state index contributed by atoms with van der Waals surface area (Å²) >= 11 is 0. The van der Waals surface area contributed by atoms with Gasteiger partial charge >= 0.3 is 5.97 Å². The number of aromatic nitrogens is 3. The molecule has 1 atom stereocenters. The van der Waals surface area contributed by atoms with Gasteiger partial charge in [-0.05, 0) is 24.6 Å². The summed E-state index contributed by atoms with van der Waals surface area (Å²) in [7, 11) is 1.80. The second kappa shape index (κ2) is 3.34. The van der Waals surface area contributed by atoms with Crippen LogP contribution in [0, 0.1) is 0 Å². The van der Waals surface area contributed by atoms with Gasteiger partial charge in [-0.1, -0.05) is 11.3 Å². The number of aliphatic carboxylic acids is 1. The van der Waals surface area contributed by atoms with Crippen LogP contribution < -0.4 is 0 Å². The van der Waals surface area contributed by atoms with Crippen molar-refractivity contribution in [1.82, 2.24) is 15.0 Å². The number of carbonyl (C=O) groups is 1. The van der Waals surface area contributed by atoms with Crippen LogP contribution in [0.3, 0.4) is 0 Å². The molecule has 0 amide bonds. The van der Waals surface area contributed by atoms with Crippen LogP contribution in [0.5, 0.6) is 0 Å². The number of aryl methyl sites for hydroxylation is 1. The summed E-state index contributed by atoms with van der Waals surface area (Å²) in [6, 6.07) is 5.40. The number of hydrogen-bond donors (Lipinski definition) is 1. The first-order valence-corrected chi connectivity index (χ1v) is 4.61. The molecule has 1 unspecified atom stereocenters. The maximum atomic E-state index is 10.8. The van der Waals surface area contributed by atoms with Crippen molar-refractivity contribution in [2.45, 2.75) is 12.8 Å². The van der Waals surface area contributed by atoms with Gasteiger partial charge in [-0.15, -0.1) is 5.10 Å². The van der Waals surface area contributed by atoms with E-state index < -0.39 is 11.9 Å². The minimum atomic E-state index is -0.835. The lowest BCUT2D eigenvalue weighted by Gasteiger charge is -2.05. The van der Waals surface area contributed by atoms with Gasteiger partial charge in [0.1, 0.15) is 5.52 Å². The fourth-order valence-electron chi connectivity index (χ4n) is 1.47. The van der Waals surface area contributed by atoms with Gasteiger partial charge in [0, 0.05) is 7.05 Å². The monoisotopic (exact) mass is 205 g/mol. The normalized spacial score (nSPS) is 12.9. The van der Waals surface area contributed by atoms with E-state index in [0.717, 1.165) is 16.6 Å². The van der Waals surface area contributed by atoms with Crippen molar-refractivity contribution in [3.8, 4) is 0 Å². The summed E-state index contributed by atoms with van der Waals surface area (Å²) in [5.41, 5.74) is 2.37. The molecule has 5 nitrogen and oxygen atoms in total. The van der Waals surface area contributed by atoms with Gasteiger partial charge in [-0.2, -0.15) is 0 Å². The van der Waals surface area contributed by atoms with Crippen molar-refractivity contribution in [3.63, 3.8) is 0 Å². The molecule has 1 aromatic heterocycles. The molecule has 0 saturated heterocycles. The third kappa shape index (κ3) is 1.56. The molecule has 15 heavy (non-hydrogen) atoms. The highest BCUT2D eigenvalue weighted by molar-refractivity contribution is 5.80. The summed E-state index contributed by atoms with van der Waals surface area (Å²) in [5, 5.41) is 16.7. The molecule has 0 bridgehead atoms. The van der Waals surface area contributed by atoms with E-state index in [2.05, 4.69) is 10.3 Å². The van der Waals surface area contributed by atoms with Crippen molar-refractivity contribution >= 4 is 17.0 Å². The summed E-state index contributed by atoms with van der Waals surface area (Å²) in [6.07, 6.45) is 0. The molecule has 5 heteroatoms. The second-order valence-corrected chi connectivity index (χ2v) is 3.52. The number of benzene rings is 1. The molecule has 1 N–H and O–H groups in total. The summed E-state index contributed by atoms with van der Waals surface area (Å²) in [5.74, 6) is -1.35. The fraction of sp³-hybridized carbons (Fsp3) is 0.300. The molecule has 0 aliphatic rings. The van der Waals surface area contributed by atoms with E-state index in [-0.39, 0.29) is 0 Å². The average molecular weight is 205 g/mol. The van der Waals surface area contributed by atoms with Crippen LogP contribution in [0.2, 0.25) is 0 Å². The predicted octanol–water partition coefficient (Wildman–Crippen LogP) is 1.16. The van der Waals surface area contributed by atoms with Crippen molar-refractivity contribution in [1.29, 1.82) is 0 Å². The Morgan fingerprint density at radius 2 is 2.27 bits per heavy atom. The number of carboxylic acid groups (broad SMARTS) is 1. The van der Waals surface area contributed by atoms with Crippen LogP contribution in [0.15, 0.2) is 18.2 Å². The average Bonchev–Trinajstić information content (AvgIpc) is 2.59. The minimum absolute atomic E-state index is 0.517. The SMILES string of the molecule is CC(C(=O)O)c1ccc2c(c1)nnn2C. The van der Waals surface area contributed by atoms with E-state index in [4.69, 9.17) is 5.11 Å². The fourth-order valence-corrected chi connectivity index (χ4v) is 1.47. The molecule has 0 aliphatic carbocycles. The third-order valence-electron chi connectivity index (χ3n) is 2.51. The highest BCUT2D eigenvalue weighted by Gasteiger charge is 2.14. The zero-order valence-corrected chi connectivity index (χ0v) is 8.51. The predicted molar refractivity (Wildman–Crippen MR) is 54.6 cm³/mol. The molecule has 2 rings (SSSR count). The van der Waals surface area contributed by atoms with E-state index >= 15 is 0 Å². The number of carboxylic acids is 1. The highest BCUT2D eigenvalue weighted by Crippen LogP contribution is 2.19. The van der Waals surface area contributed by atoms with Gasteiger partial charge in [0.25, 0.3) is 0 Å². The molecule has 0 aliphatic heterocycles. The first-order valence-electron chi connectivity index (χ1n) is 4.61. The Hall–Kier alpha value is -1.91. The molecule has 2 aromatic rings. The summed E-state index contributed by atoms with van der Waals surface area (Å²) < 4.78 is 1.66. The third-order valence-corrected chi connectivity index (χ3v) is 2.51. The lowest BCUT2D eigenvalue weighted by atomic mass is 10.0. The molecule has 1 aromatic carbocycles. The van der Waals surface area contributed by atoms with Gasteiger partial charge in [0.2, 0.25) is 0 Å². The number of hydrogen-bond acceptors (Lipinski definition) is 3. The van der Waals surface area contributed by atoms with Crippen LogP contribution in [0.1, 0.15) is 18.4 Å². The molecule has 1 heterocycles. The molecule has 0 fully saturated rings. The molecule has 78 valence electrons. The first kappa shape index (κ1) is 9.64. The van der Waals surface area contributed by atoms with Crippen molar-refractivity contribution in [3.05, 3.63) is 23.8 Å². The van der Waals surface area contributed by atoms with Gasteiger partial charge in [-0.3, -0.25) is 4.79 Å². The number of nitrogens with zero attached hydrogens (tertiary/aromatic N) is 3. The van der Waals surface area contributed by atoms with Crippen LogP contribution in [-0.4, -0.2) is 26.1 Å². The smallest absolute Gasteiger partial charge is 0.310 e. The maximum absolute atomic E-state index is 10.8. The molecule has 0 spiro atoms. The van der Waals surface area contributed by atoms with Crippen molar-refractivity contribution in [2.24, 2.45) is 7.05 Å². The zero-order valence-electron chi connectivity index (χ0n) is 8.51. The lowest BCUT2D eigenvalue weighted by Crippen LogP contribution is -2.07. The Kier molecular flexibility index (Phi) is 2.15. The summed E-state index contributed by atoms with van der Waals surface area (Å²) in [6.45, 7) is 1.65. The molecular weight excluding hydrogens is 194 g/mol. The minimum Gasteiger partial charge on any atom is -0.481 e. The largest absolute Gasteiger partial charge is 0.481 e. The Bertz CT molecular complexity index is 518. The zero-order chi connectivity index (χ0) is 11.0. The van der Waals surface area contributed by atoms with E-state index in [1.165, 1.54) is 0 Å². The Morgan fingerprint density at radius 1 is 1.53 bits per heavy atom. The van der Waals surface area contributed by atoms with Crippen LogP contribution >= 0.6 is 0 Å². The summed E-state index contributed by atoms with van der Waals surface area (Å²) in [4.78, 5) is 10.8. The van der Waals surface area contributed by atoms with Crippen molar-refractivity contribution < 1.29 is 9.90 Å². The van der Waals surface area contributed by atoms with Crippen molar-refractivity contribution in [2.75, 3.05) is 0 Å². The number of fused-ring (bicyclic) bond motifs is 1. The first-order chi connectivity index (χ1) is 7.09. The van der Waals surface area contributed by atoms with Crippen LogP contribution in [0.25, 0.3) is 11.0 Å². The molecule has 0 radical (unpaired) electrons. The topological polar surface area (TPSA) is 68.0 Å². The number of rotatable bonds is 2. The van der Waals surface area contributed by atoms with Crippen LogP contribution in [-0.2, 0) is 11.8 Å². The quantitative estimate of drug-likeness (QED) is 0.798. The lowest BCUT2D eigenvalue weighted by molar-refractivity contribution is -0.138.